The van der Waals surface area contributed by atoms with Crippen molar-refractivity contribution in [1.29, 1.82) is 0 Å². The van der Waals surface area contributed by atoms with Gasteiger partial charge in [0.1, 0.15) is 0 Å². The fourth-order valence-corrected chi connectivity index (χ4v) is 3.21. The molecule has 17 heavy (non-hydrogen) atoms. The highest BCUT2D eigenvalue weighted by Gasteiger charge is 2.45. The summed E-state index contributed by atoms with van der Waals surface area (Å²) < 4.78 is 0. The van der Waals surface area contributed by atoms with Gasteiger partial charge in [0.15, 0.2) is 0 Å². The van der Waals surface area contributed by atoms with Gasteiger partial charge in [0.2, 0.25) is 5.91 Å². The summed E-state index contributed by atoms with van der Waals surface area (Å²) in [5.74, 6) is 1.89. The van der Waals surface area contributed by atoms with Gasteiger partial charge in [0.25, 0.3) is 0 Å². The largest absolute Gasteiger partial charge is 0.342 e. The third kappa shape index (κ3) is 2.35. The summed E-state index contributed by atoms with van der Waals surface area (Å²) in [6.07, 6.45) is 5.53. The van der Waals surface area contributed by atoms with Gasteiger partial charge < -0.3 is 10.6 Å². The van der Waals surface area contributed by atoms with Crippen LogP contribution in [0.2, 0.25) is 0 Å². The molecule has 1 aliphatic heterocycles. The fraction of sp³-hybridized carbons (Fsp3) is 0.929. The van der Waals surface area contributed by atoms with E-state index in [1.165, 1.54) is 19.3 Å². The highest BCUT2D eigenvalue weighted by molar-refractivity contribution is 5.84. The molecule has 2 N–H and O–H groups in total. The molecule has 1 heterocycles. The number of hydrogen-bond acceptors (Lipinski definition) is 2. The second-order valence-corrected chi connectivity index (χ2v) is 6.21. The molecule has 3 nitrogen and oxygen atoms in total. The highest BCUT2D eigenvalue weighted by Crippen LogP contribution is 2.42. The first-order valence-corrected chi connectivity index (χ1v) is 7.08. The van der Waals surface area contributed by atoms with Gasteiger partial charge in [-0.2, -0.15) is 0 Å². The first kappa shape index (κ1) is 12.9. The molecule has 0 unspecified atom stereocenters. The predicted octanol–water partition coefficient (Wildman–Crippen LogP) is 2.01. The van der Waals surface area contributed by atoms with Crippen LogP contribution in [0.15, 0.2) is 0 Å². The average Bonchev–Trinajstić information content (AvgIpc) is 2.28. The maximum absolute atomic E-state index is 12.5. The minimum atomic E-state index is -0.176. The van der Waals surface area contributed by atoms with Gasteiger partial charge >= 0.3 is 0 Å². The van der Waals surface area contributed by atoms with E-state index in [1.54, 1.807) is 0 Å². The van der Waals surface area contributed by atoms with Crippen molar-refractivity contribution in [2.24, 2.45) is 23.0 Å². The molecule has 98 valence electrons. The van der Waals surface area contributed by atoms with Gasteiger partial charge in [-0.1, -0.05) is 20.3 Å². The predicted molar refractivity (Wildman–Crippen MR) is 69.5 cm³/mol. The molecule has 1 amide bonds. The van der Waals surface area contributed by atoms with Crippen LogP contribution in [-0.4, -0.2) is 30.4 Å². The minimum Gasteiger partial charge on any atom is -0.342 e. The van der Waals surface area contributed by atoms with Crippen molar-refractivity contribution in [3.8, 4) is 0 Å². The smallest absolute Gasteiger partial charge is 0.230 e. The third-order valence-corrected chi connectivity index (χ3v) is 4.92. The van der Waals surface area contributed by atoms with Crippen LogP contribution < -0.4 is 5.73 Å². The van der Waals surface area contributed by atoms with Crippen LogP contribution in [0.5, 0.6) is 0 Å². The second kappa shape index (κ2) is 4.97. The molecule has 3 heteroatoms. The molecule has 0 bridgehead atoms. The van der Waals surface area contributed by atoms with Crippen molar-refractivity contribution in [2.45, 2.75) is 46.0 Å². The molecule has 0 aromatic heterocycles. The Kier molecular flexibility index (Phi) is 3.76. The third-order valence-electron chi connectivity index (χ3n) is 4.92. The maximum atomic E-state index is 12.5. The Morgan fingerprint density at radius 3 is 2.29 bits per heavy atom. The molecule has 0 aromatic rings. The Bertz CT molecular complexity index is 270. The molecule has 1 aliphatic carbocycles. The molecule has 2 fully saturated rings. The zero-order valence-corrected chi connectivity index (χ0v) is 11.2. The molecule has 2 rings (SSSR count). The number of amides is 1. The topological polar surface area (TPSA) is 46.3 Å². The van der Waals surface area contributed by atoms with E-state index in [4.69, 9.17) is 5.73 Å². The number of hydrogen-bond donors (Lipinski definition) is 1. The SMILES string of the molecule is CC(C)C1CCN(C(=O)C2(CN)CCC2)CC1. The fourth-order valence-electron chi connectivity index (χ4n) is 3.21. The van der Waals surface area contributed by atoms with Crippen LogP contribution in [0.3, 0.4) is 0 Å². The maximum Gasteiger partial charge on any atom is 0.230 e. The van der Waals surface area contributed by atoms with Gasteiger partial charge in [-0.05, 0) is 37.5 Å². The highest BCUT2D eigenvalue weighted by atomic mass is 16.2. The number of piperidine rings is 1. The van der Waals surface area contributed by atoms with Gasteiger partial charge in [-0.25, -0.2) is 0 Å². The summed E-state index contributed by atoms with van der Waals surface area (Å²) in [6.45, 7) is 7.01. The molecule has 0 aromatic carbocycles. The number of carbonyl (C=O) groups is 1. The Hall–Kier alpha value is -0.570. The standard InChI is InChI=1S/C14H26N2O/c1-11(2)12-4-8-16(9-5-12)13(17)14(10-15)6-3-7-14/h11-12H,3-10,15H2,1-2H3. The minimum absolute atomic E-state index is 0.176. The van der Waals surface area contributed by atoms with Crippen LogP contribution in [0.4, 0.5) is 0 Å². The molecule has 0 spiro atoms. The molecule has 2 aliphatic rings. The molecule has 0 radical (unpaired) electrons. The Labute approximate surface area is 105 Å². The molecule has 1 saturated heterocycles. The number of carbonyl (C=O) groups excluding carboxylic acids is 1. The van der Waals surface area contributed by atoms with Crippen molar-refractivity contribution in [3.05, 3.63) is 0 Å². The lowest BCUT2D eigenvalue weighted by atomic mass is 9.67. The van der Waals surface area contributed by atoms with Crippen molar-refractivity contribution >= 4 is 5.91 Å². The first-order chi connectivity index (χ1) is 8.09. The second-order valence-electron chi connectivity index (χ2n) is 6.21. The van der Waals surface area contributed by atoms with E-state index in [1.807, 2.05) is 0 Å². The first-order valence-electron chi connectivity index (χ1n) is 7.08. The van der Waals surface area contributed by atoms with Crippen LogP contribution in [0.1, 0.15) is 46.0 Å². The number of rotatable bonds is 3. The van der Waals surface area contributed by atoms with Gasteiger partial charge in [-0.3, -0.25) is 4.79 Å². The summed E-state index contributed by atoms with van der Waals surface area (Å²) in [5.41, 5.74) is 5.63. The lowest BCUT2D eigenvalue weighted by molar-refractivity contribution is -0.148. The molecule has 1 saturated carbocycles. The van der Waals surface area contributed by atoms with Crippen molar-refractivity contribution in [3.63, 3.8) is 0 Å². The Balaban J connectivity index is 1.90. The van der Waals surface area contributed by atoms with Crippen molar-refractivity contribution < 1.29 is 4.79 Å². The zero-order chi connectivity index (χ0) is 12.5. The van der Waals surface area contributed by atoms with Gasteiger partial charge in [0, 0.05) is 19.6 Å². The summed E-state index contributed by atoms with van der Waals surface area (Å²) in [7, 11) is 0. The number of nitrogens with zero attached hydrogens (tertiary/aromatic N) is 1. The van der Waals surface area contributed by atoms with E-state index in [-0.39, 0.29) is 5.41 Å². The molecule has 0 atom stereocenters. The van der Waals surface area contributed by atoms with Crippen LogP contribution in [0, 0.1) is 17.3 Å². The van der Waals surface area contributed by atoms with E-state index >= 15 is 0 Å². The monoisotopic (exact) mass is 238 g/mol. The molecular formula is C14H26N2O. The lowest BCUT2D eigenvalue weighted by Gasteiger charge is -2.45. The van der Waals surface area contributed by atoms with Crippen molar-refractivity contribution in [2.75, 3.05) is 19.6 Å². The quantitative estimate of drug-likeness (QED) is 0.817. The van der Waals surface area contributed by atoms with E-state index in [9.17, 15) is 4.79 Å². The van der Waals surface area contributed by atoms with E-state index in [0.717, 1.165) is 37.8 Å². The van der Waals surface area contributed by atoms with Gasteiger partial charge in [0.05, 0.1) is 5.41 Å². The van der Waals surface area contributed by atoms with E-state index < -0.39 is 0 Å². The van der Waals surface area contributed by atoms with Crippen LogP contribution in [0.25, 0.3) is 0 Å². The Morgan fingerprint density at radius 2 is 1.94 bits per heavy atom. The summed E-state index contributed by atoms with van der Waals surface area (Å²) in [4.78, 5) is 14.5. The summed E-state index contributed by atoms with van der Waals surface area (Å²) >= 11 is 0. The van der Waals surface area contributed by atoms with E-state index in [2.05, 4.69) is 18.7 Å². The van der Waals surface area contributed by atoms with E-state index in [0.29, 0.717) is 12.5 Å². The Morgan fingerprint density at radius 1 is 1.35 bits per heavy atom. The normalized spacial score (nSPS) is 24.8. The van der Waals surface area contributed by atoms with Crippen LogP contribution >= 0.6 is 0 Å². The summed E-state index contributed by atoms with van der Waals surface area (Å²) in [6, 6.07) is 0. The average molecular weight is 238 g/mol. The molecular weight excluding hydrogens is 212 g/mol. The number of nitrogens with two attached hydrogens (primary N) is 1. The van der Waals surface area contributed by atoms with Gasteiger partial charge in [-0.15, -0.1) is 0 Å². The lowest BCUT2D eigenvalue weighted by Crippen LogP contribution is -2.53. The van der Waals surface area contributed by atoms with Crippen molar-refractivity contribution in [1.82, 2.24) is 4.90 Å². The summed E-state index contributed by atoms with van der Waals surface area (Å²) in [5, 5.41) is 0. The number of likely N-dealkylation sites (tertiary alicyclic amines) is 1. The van der Waals surface area contributed by atoms with Crippen LogP contribution in [-0.2, 0) is 4.79 Å². The zero-order valence-electron chi connectivity index (χ0n) is 11.2.